The first-order valence-corrected chi connectivity index (χ1v) is 10.2. The lowest BCUT2D eigenvalue weighted by Gasteiger charge is -2.37. The van der Waals surface area contributed by atoms with E-state index in [0.717, 1.165) is 24.4 Å². The van der Waals surface area contributed by atoms with E-state index in [4.69, 9.17) is 11.6 Å². The molecule has 0 N–H and O–H groups in total. The van der Waals surface area contributed by atoms with Gasteiger partial charge in [0.2, 0.25) is 0 Å². The van der Waals surface area contributed by atoms with Crippen molar-refractivity contribution in [3.63, 3.8) is 0 Å². The normalized spacial score (nSPS) is 18.9. The molecule has 4 nitrogen and oxygen atoms in total. The molecule has 1 aliphatic rings. The maximum absolute atomic E-state index is 12.6. The summed E-state index contributed by atoms with van der Waals surface area (Å²) in [5, 5.41) is 0. The molecule has 0 radical (unpaired) electrons. The number of piperazine rings is 1. The molecule has 0 amide bonds. The summed E-state index contributed by atoms with van der Waals surface area (Å²) in [5.41, 5.74) is 1.26. The van der Waals surface area contributed by atoms with Gasteiger partial charge in [-0.05, 0) is 24.6 Å². The van der Waals surface area contributed by atoms with Crippen molar-refractivity contribution in [2.24, 2.45) is 0 Å². The molecule has 1 unspecified atom stereocenters. The summed E-state index contributed by atoms with van der Waals surface area (Å²) >= 11 is 6.98. The predicted molar refractivity (Wildman–Crippen MR) is 94.5 cm³/mol. The highest BCUT2D eigenvalue weighted by molar-refractivity contribution is 7.91. The van der Waals surface area contributed by atoms with Crippen LogP contribution >= 0.6 is 22.9 Å². The minimum atomic E-state index is -3.41. The molecule has 2 heterocycles. The van der Waals surface area contributed by atoms with Gasteiger partial charge in [-0.15, -0.1) is 11.3 Å². The first-order valence-electron chi connectivity index (χ1n) is 7.53. The molecule has 1 aromatic heterocycles. The monoisotopic (exact) mass is 370 g/mol. The summed E-state index contributed by atoms with van der Waals surface area (Å²) in [6.45, 7) is 4.64. The van der Waals surface area contributed by atoms with Crippen molar-refractivity contribution < 1.29 is 8.42 Å². The van der Waals surface area contributed by atoms with Crippen molar-refractivity contribution in [3.05, 3.63) is 52.4 Å². The number of benzene rings is 1. The molecule has 0 bridgehead atoms. The third-order valence-corrected chi connectivity index (χ3v) is 7.84. The smallest absolute Gasteiger partial charge is 0.252 e. The maximum Gasteiger partial charge on any atom is 0.252 e. The molecule has 7 heteroatoms. The summed E-state index contributed by atoms with van der Waals surface area (Å²) in [6.07, 6.45) is 0. The molecule has 1 atom stereocenters. The van der Waals surface area contributed by atoms with Crippen LogP contribution in [0.4, 0.5) is 0 Å². The number of hydrogen-bond donors (Lipinski definition) is 0. The fraction of sp³-hybridized carbons (Fsp3) is 0.375. The molecule has 23 heavy (non-hydrogen) atoms. The van der Waals surface area contributed by atoms with Crippen molar-refractivity contribution in [2.75, 3.05) is 26.2 Å². The van der Waals surface area contributed by atoms with Crippen molar-refractivity contribution in [1.29, 1.82) is 0 Å². The van der Waals surface area contributed by atoms with Gasteiger partial charge in [-0.3, -0.25) is 4.90 Å². The third-order valence-electron chi connectivity index (χ3n) is 4.25. The topological polar surface area (TPSA) is 40.6 Å². The Balaban J connectivity index is 1.67. The molecule has 124 valence electrons. The van der Waals surface area contributed by atoms with Crippen LogP contribution in [0.5, 0.6) is 0 Å². The molecule has 2 aromatic rings. The van der Waals surface area contributed by atoms with Gasteiger partial charge in [-0.25, -0.2) is 8.42 Å². The van der Waals surface area contributed by atoms with Gasteiger partial charge in [-0.1, -0.05) is 41.9 Å². The summed E-state index contributed by atoms with van der Waals surface area (Å²) in [4.78, 5) is 2.32. The zero-order valence-corrected chi connectivity index (χ0v) is 15.2. The Bertz CT molecular complexity index is 753. The van der Waals surface area contributed by atoms with Gasteiger partial charge < -0.3 is 0 Å². The van der Waals surface area contributed by atoms with Crippen LogP contribution in [0.25, 0.3) is 0 Å². The van der Waals surface area contributed by atoms with Crippen molar-refractivity contribution in [1.82, 2.24) is 9.21 Å². The molecule has 0 aliphatic carbocycles. The van der Waals surface area contributed by atoms with Crippen LogP contribution < -0.4 is 0 Å². The molecule has 1 saturated heterocycles. The van der Waals surface area contributed by atoms with Crippen LogP contribution in [0.1, 0.15) is 18.5 Å². The molecule has 1 fully saturated rings. The summed E-state index contributed by atoms with van der Waals surface area (Å²) in [5.74, 6) is 0. The third kappa shape index (κ3) is 3.61. The molecule has 3 rings (SSSR count). The van der Waals surface area contributed by atoms with Gasteiger partial charge in [0.05, 0.1) is 4.34 Å². The molecule has 1 aliphatic heterocycles. The Hall–Kier alpha value is -0.920. The second-order valence-corrected chi connectivity index (χ2v) is 9.47. The van der Waals surface area contributed by atoms with Crippen LogP contribution in [0.3, 0.4) is 0 Å². The van der Waals surface area contributed by atoms with Gasteiger partial charge >= 0.3 is 0 Å². The number of thiophene rings is 1. The standard InChI is InChI=1S/C16H19ClN2O2S2/c1-13(14-5-3-2-4-6-14)18-9-11-19(12-10-18)23(20,21)16-8-7-15(17)22-16/h2-8,13H,9-12H2,1H3. The number of nitrogens with zero attached hydrogens (tertiary/aromatic N) is 2. The zero-order chi connectivity index (χ0) is 16.4. The van der Waals surface area contributed by atoms with E-state index in [2.05, 4.69) is 24.0 Å². The zero-order valence-electron chi connectivity index (χ0n) is 12.9. The Morgan fingerprint density at radius 2 is 1.70 bits per heavy atom. The number of halogens is 1. The van der Waals surface area contributed by atoms with Crippen LogP contribution in [-0.2, 0) is 10.0 Å². The Kier molecular flexibility index (Phi) is 5.08. The Labute approximate surface area is 146 Å². The van der Waals surface area contributed by atoms with Crippen LogP contribution in [0, 0.1) is 0 Å². The van der Waals surface area contributed by atoms with E-state index in [1.165, 1.54) is 5.56 Å². The van der Waals surface area contributed by atoms with Gasteiger partial charge in [0, 0.05) is 32.2 Å². The molecule has 1 aromatic carbocycles. The first kappa shape index (κ1) is 16.9. The average molecular weight is 371 g/mol. The van der Waals surface area contributed by atoms with E-state index in [-0.39, 0.29) is 6.04 Å². The fourth-order valence-electron chi connectivity index (χ4n) is 2.84. The van der Waals surface area contributed by atoms with E-state index in [1.54, 1.807) is 16.4 Å². The van der Waals surface area contributed by atoms with Crippen LogP contribution in [0.15, 0.2) is 46.7 Å². The van der Waals surface area contributed by atoms with E-state index < -0.39 is 10.0 Å². The molecule has 0 saturated carbocycles. The first-order chi connectivity index (χ1) is 11.0. The molecular weight excluding hydrogens is 352 g/mol. The number of rotatable bonds is 4. The van der Waals surface area contributed by atoms with E-state index >= 15 is 0 Å². The van der Waals surface area contributed by atoms with E-state index in [1.807, 2.05) is 18.2 Å². The molecular formula is C16H19ClN2O2S2. The second-order valence-electron chi connectivity index (χ2n) is 5.59. The highest BCUT2D eigenvalue weighted by Crippen LogP contribution is 2.29. The van der Waals surface area contributed by atoms with E-state index in [9.17, 15) is 8.42 Å². The minimum absolute atomic E-state index is 0.289. The quantitative estimate of drug-likeness (QED) is 0.827. The minimum Gasteiger partial charge on any atom is -0.294 e. The van der Waals surface area contributed by atoms with Crippen LogP contribution in [-0.4, -0.2) is 43.8 Å². The highest BCUT2D eigenvalue weighted by atomic mass is 35.5. The van der Waals surface area contributed by atoms with E-state index in [0.29, 0.717) is 21.6 Å². The number of sulfonamides is 1. The van der Waals surface area contributed by atoms with Gasteiger partial charge in [0.1, 0.15) is 4.21 Å². The lowest BCUT2D eigenvalue weighted by atomic mass is 10.1. The summed E-state index contributed by atoms with van der Waals surface area (Å²) < 4.78 is 27.6. The maximum atomic E-state index is 12.6. The van der Waals surface area contributed by atoms with Gasteiger partial charge in [0.15, 0.2) is 0 Å². The van der Waals surface area contributed by atoms with Crippen LogP contribution in [0.2, 0.25) is 4.34 Å². The van der Waals surface area contributed by atoms with Crippen molar-refractivity contribution in [2.45, 2.75) is 17.2 Å². The summed E-state index contributed by atoms with van der Waals surface area (Å²) in [7, 11) is -3.41. The highest BCUT2D eigenvalue weighted by Gasteiger charge is 2.31. The van der Waals surface area contributed by atoms with Gasteiger partial charge in [0.25, 0.3) is 10.0 Å². The largest absolute Gasteiger partial charge is 0.294 e. The van der Waals surface area contributed by atoms with Crippen molar-refractivity contribution >= 4 is 33.0 Å². The predicted octanol–water partition coefficient (Wildman–Crippen LogP) is 3.47. The summed E-state index contributed by atoms with van der Waals surface area (Å²) in [6, 6.07) is 13.8. The van der Waals surface area contributed by atoms with Gasteiger partial charge in [-0.2, -0.15) is 4.31 Å². The van der Waals surface area contributed by atoms with Crippen molar-refractivity contribution in [3.8, 4) is 0 Å². The fourth-order valence-corrected chi connectivity index (χ4v) is 5.90. The lowest BCUT2D eigenvalue weighted by Crippen LogP contribution is -2.49. The number of hydrogen-bond acceptors (Lipinski definition) is 4. The molecule has 0 spiro atoms. The average Bonchev–Trinajstić information content (AvgIpc) is 3.02. The SMILES string of the molecule is CC(c1ccccc1)N1CCN(S(=O)(=O)c2ccc(Cl)s2)CC1. The second kappa shape index (κ2) is 6.91. The Morgan fingerprint density at radius 1 is 1.04 bits per heavy atom. The lowest BCUT2D eigenvalue weighted by molar-refractivity contribution is 0.146. The Morgan fingerprint density at radius 3 is 2.26 bits per heavy atom.